The monoisotopic (exact) mass is 522 g/mol. The molecule has 2 N–H and O–H groups in total. The van der Waals surface area contributed by atoms with E-state index in [2.05, 4.69) is 27.7 Å². The number of nitrogens with zero attached hydrogens (tertiary/aromatic N) is 2. The maximum Gasteiger partial charge on any atom is 0.255 e. The minimum Gasteiger partial charge on any atom is -0.340 e. The maximum absolute atomic E-state index is 13.5. The molecule has 2 aliphatic heterocycles. The number of allylic oxidation sites excluding steroid dienone is 1. The normalized spacial score (nSPS) is 22.3. The average Bonchev–Trinajstić information content (AvgIpc) is 3.75. The number of benzene rings is 3. The number of para-hydroxylation sites is 1. The van der Waals surface area contributed by atoms with Crippen LogP contribution in [0, 0.1) is 5.92 Å². The fraction of sp³-hybridized carbons (Fsp3) is 0.258. The number of thioether (sulfide) groups is 1. The van der Waals surface area contributed by atoms with Crippen LogP contribution < -0.4 is 10.6 Å². The van der Waals surface area contributed by atoms with Gasteiger partial charge in [0.25, 0.3) is 5.91 Å². The number of nitrogens with one attached hydrogen (secondary N) is 2. The molecule has 1 aliphatic carbocycles. The Kier molecular flexibility index (Phi) is 6.77. The number of carbonyl (C=O) groups is 2. The fourth-order valence-corrected chi connectivity index (χ4v) is 6.38. The highest BCUT2D eigenvalue weighted by Gasteiger charge is 2.44. The van der Waals surface area contributed by atoms with Crippen LogP contribution in [0.1, 0.15) is 42.9 Å². The van der Waals surface area contributed by atoms with Gasteiger partial charge in [0.2, 0.25) is 5.91 Å². The van der Waals surface area contributed by atoms with E-state index in [1.54, 1.807) is 11.8 Å². The number of carbonyl (C=O) groups excluding carboxylic acids is 2. The summed E-state index contributed by atoms with van der Waals surface area (Å²) in [6, 6.07) is 27.4. The smallest absolute Gasteiger partial charge is 0.255 e. The summed E-state index contributed by atoms with van der Waals surface area (Å²) in [5.74, 6) is 1.25. The summed E-state index contributed by atoms with van der Waals surface area (Å²) >= 11 is 1.74. The van der Waals surface area contributed by atoms with E-state index in [0.29, 0.717) is 11.5 Å². The number of amidine groups is 1. The van der Waals surface area contributed by atoms with Crippen LogP contribution in [0.25, 0.3) is 0 Å². The van der Waals surface area contributed by atoms with Crippen molar-refractivity contribution < 1.29 is 9.59 Å². The first kappa shape index (κ1) is 24.5. The Morgan fingerprint density at radius 1 is 0.868 bits per heavy atom. The Hall–Kier alpha value is -3.84. The SMILES string of the molecule is CC1=C(C(=O)Nc2ccccc2)C(c2ccc(NC(=O)C3CC3c3ccccc3)cc2)N2CCCSC2=N1. The van der Waals surface area contributed by atoms with Crippen molar-refractivity contribution in [3.8, 4) is 0 Å². The third kappa shape index (κ3) is 4.98. The molecule has 3 aliphatic rings. The second-order valence-electron chi connectivity index (χ2n) is 9.98. The van der Waals surface area contributed by atoms with Crippen LogP contribution in [0.5, 0.6) is 0 Å². The van der Waals surface area contributed by atoms with Gasteiger partial charge in [-0.15, -0.1) is 0 Å². The van der Waals surface area contributed by atoms with Crippen molar-refractivity contribution in [3.63, 3.8) is 0 Å². The average molecular weight is 523 g/mol. The second-order valence-corrected chi connectivity index (χ2v) is 11.0. The van der Waals surface area contributed by atoms with Gasteiger partial charge in [0.1, 0.15) is 0 Å². The van der Waals surface area contributed by atoms with Gasteiger partial charge in [0.05, 0.1) is 17.3 Å². The Morgan fingerprint density at radius 3 is 2.29 bits per heavy atom. The van der Waals surface area contributed by atoms with E-state index in [4.69, 9.17) is 4.99 Å². The molecule has 3 atom stereocenters. The van der Waals surface area contributed by atoms with Gasteiger partial charge in [-0.25, -0.2) is 4.99 Å². The van der Waals surface area contributed by atoms with Crippen molar-refractivity contribution in [2.24, 2.45) is 10.9 Å². The molecule has 0 bridgehead atoms. The molecular formula is C31H30N4O2S. The van der Waals surface area contributed by atoms with E-state index in [1.807, 2.05) is 79.7 Å². The van der Waals surface area contributed by atoms with Gasteiger partial charge in [-0.05, 0) is 61.1 Å². The van der Waals surface area contributed by atoms with Gasteiger partial charge in [-0.1, -0.05) is 72.4 Å². The second kappa shape index (κ2) is 10.5. The van der Waals surface area contributed by atoms with Gasteiger partial charge in [0, 0.05) is 29.6 Å². The van der Waals surface area contributed by atoms with Crippen LogP contribution in [0.3, 0.4) is 0 Å². The Bertz CT molecular complexity index is 1400. The van der Waals surface area contributed by atoms with Gasteiger partial charge in [-0.3, -0.25) is 9.59 Å². The van der Waals surface area contributed by atoms with Crippen LogP contribution in [-0.4, -0.2) is 34.2 Å². The third-order valence-electron chi connectivity index (χ3n) is 7.38. The molecular weight excluding hydrogens is 492 g/mol. The van der Waals surface area contributed by atoms with Gasteiger partial charge in [0.15, 0.2) is 5.17 Å². The molecule has 3 unspecified atom stereocenters. The molecule has 1 saturated heterocycles. The van der Waals surface area contributed by atoms with Crippen molar-refractivity contribution in [2.75, 3.05) is 22.9 Å². The number of hydrogen-bond acceptors (Lipinski definition) is 5. The minimum atomic E-state index is -0.241. The Labute approximate surface area is 227 Å². The largest absolute Gasteiger partial charge is 0.340 e. The van der Waals surface area contributed by atoms with Crippen molar-refractivity contribution >= 4 is 40.1 Å². The molecule has 0 aromatic heterocycles. The van der Waals surface area contributed by atoms with E-state index in [-0.39, 0.29) is 23.8 Å². The van der Waals surface area contributed by atoms with E-state index in [1.165, 1.54) is 5.56 Å². The quantitative estimate of drug-likeness (QED) is 0.405. The summed E-state index contributed by atoms with van der Waals surface area (Å²) in [5.41, 5.74) is 5.14. The lowest BCUT2D eigenvalue weighted by Gasteiger charge is -2.41. The van der Waals surface area contributed by atoms with Crippen LogP contribution in [0.2, 0.25) is 0 Å². The van der Waals surface area contributed by atoms with Gasteiger partial charge >= 0.3 is 0 Å². The topological polar surface area (TPSA) is 73.8 Å². The summed E-state index contributed by atoms with van der Waals surface area (Å²) in [5, 5.41) is 7.11. The zero-order valence-corrected chi connectivity index (χ0v) is 22.1. The van der Waals surface area contributed by atoms with Crippen LogP contribution in [-0.2, 0) is 9.59 Å². The molecule has 1 saturated carbocycles. The van der Waals surface area contributed by atoms with Crippen molar-refractivity contribution in [3.05, 3.63) is 107 Å². The number of anilines is 2. The predicted molar refractivity (Wildman–Crippen MR) is 154 cm³/mol. The summed E-state index contributed by atoms with van der Waals surface area (Å²) in [6.45, 7) is 2.76. The highest BCUT2D eigenvalue weighted by Crippen LogP contribution is 2.48. The lowest BCUT2D eigenvalue weighted by Crippen LogP contribution is -2.43. The predicted octanol–water partition coefficient (Wildman–Crippen LogP) is 6.19. The molecule has 6 rings (SSSR count). The minimum absolute atomic E-state index is 0.0124. The molecule has 2 amide bonds. The molecule has 7 heteroatoms. The summed E-state index contributed by atoms with van der Waals surface area (Å²) in [6.07, 6.45) is 1.92. The number of amides is 2. The number of fused-ring (bicyclic) bond motifs is 1. The summed E-state index contributed by atoms with van der Waals surface area (Å²) < 4.78 is 0. The first-order valence-electron chi connectivity index (χ1n) is 13.1. The Balaban J connectivity index is 1.22. The summed E-state index contributed by atoms with van der Waals surface area (Å²) in [4.78, 5) is 33.5. The zero-order chi connectivity index (χ0) is 26.1. The molecule has 38 heavy (non-hydrogen) atoms. The molecule has 3 aromatic carbocycles. The van der Waals surface area contributed by atoms with Crippen molar-refractivity contribution in [1.82, 2.24) is 4.90 Å². The van der Waals surface area contributed by atoms with E-state index < -0.39 is 0 Å². The lowest BCUT2D eigenvalue weighted by atomic mass is 9.93. The molecule has 6 nitrogen and oxygen atoms in total. The molecule has 0 radical (unpaired) electrons. The summed E-state index contributed by atoms with van der Waals surface area (Å²) in [7, 11) is 0. The highest BCUT2D eigenvalue weighted by molar-refractivity contribution is 8.13. The lowest BCUT2D eigenvalue weighted by molar-refractivity contribution is -0.117. The van der Waals surface area contributed by atoms with Crippen LogP contribution >= 0.6 is 11.8 Å². The van der Waals surface area contributed by atoms with Gasteiger partial charge in [-0.2, -0.15) is 0 Å². The molecule has 0 spiro atoms. The maximum atomic E-state index is 13.5. The van der Waals surface area contributed by atoms with E-state index in [9.17, 15) is 9.59 Å². The molecule has 3 aromatic rings. The standard InChI is InChI=1S/C31H30N4O2S/c1-20-27(30(37)34-23-11-6-3-7-12-23)28(35-17-8-18-38-31(35)32-20)22-13-15-24(16-14-22)33-29(36)26-19-25(26)21-9-4-2-5-10-21/h2-7,9-16,25-26,28H,8,17-19H2,1H3,(H,33,36)(H,34,37). The van der Waals surface area contributed by atoms with Crippen molar-refractivity contribution in [1.29, 1.82) is 0 Å². The molecule has 192 valence electrons. The highest BCUT2D eigenvalue weighted by atomic mass is 32.2. The van der Waals surface area contributed by atoms with Crippen LogP contribution in [0.15, 0.2) is 101 Å². The van der Waals surface area contributed by atoms with Crippen LogP contribution in [0.4, 0.5) is 11.4 Å². The Morgan fingerprint density at radius 2 is 1.55 bits per heavy atom. The first-order valence-corrected chi connectivity index (χ1v) is 14.1. The molecule has 2 fully saturated rings. The number of rotatable bonds is 6. The van der Waals surface area contributed by atoms with Gasteiger partial charge < -0.3 is 15.5 Å². The fourth-order valence-electron chi connectivity index (χ4n) is 5.36. The third-order valence-corrected chi connectivity index (χ3v) is 8.46. The number of aliphatic imine (C=N–C) groups is 1. The first-order chi connectivity index (χ1) is 18.6. The molecule has 2 heterocycles. The number of hydrogen-bond donors (Lipinski definition) is 2. The van der Waals surface area contributed by atoms with E-state index >= 15 is 0 Å². The van der Waals surface area contributed by atoms with E-state index in [0.717, 1.165) is 52.9 Å². The van der Waals surface area contributed by atoms with Crippen molar-refractivity contribution in [2.45, 2.75) is 31.7 Å². The zero-order valence-electron chi connectivity index (χ0n) is 21.3.